The number of carbonyl (C=O) groups excluding carboxylic acids is 2. The van der Waals surface area contributed by atoms with E-state index in [9.17, 15) is 9.59 Å². The van der Waals surface area contributed by atoms with Crippen LogP contribution in [0.2, 0.25) is 5.02 Å². The van der Waals surface area contributed by atoms with Crippen LogP contribution in [0.4, 0.5) is 11.4 Å². The molecule has 0 saturated heterocycles. The maximum atomic E-state index is 12.5. The molecule has 2 amide bonds. The Morgan fingerprint density at radius 2 is 2.14 bits per heavy atom. The lowest BCUT2D eigenvalue weighted by Crippen LogP contribution is -2.27. The number of carbonyl (C=O) groups is 2. The average molecular weight is 317 g/mol. The standard InChI is InChI=1S/C16H13ClN2O3/c1-9-7-10(17)5-6-12(9)19-16(21)11-3-2-4-13-15(11)22-8-14(20)18-13/h2-7H,8H2,1H3,(H,18,20)(H,19,21). The molecule has 0 radical (unpaired) electrons. The molecule has 112 valence electrons. The minimum Gasteiger partial charge on any atom is -0.481 e. The van der Waals surface area contributed by atoms with E-state index in [0.717, 1.165) is 5.56 Å². The van der Waals surface area contributed by atoms with Gasteiger partial charge in [0, 0.05) is 10.7 Å². The molecular formula is C16H13ClN2O3. The van der Waals surface area contributed by atoms with E-state index in [4.69, 9.17) is 16.3 Å². The Hall–Kier alpha value is -2.53. The minimum atomic E-state index is -0.307. The molecule has 0 saturated carbocycles. The van der Waals surface area contributed by atoms with Crippen molar-refractivity contribution in [3.8, 4) is 5.75 Å². The van der Waals surface area contributed by atoms with E-state index in [1.165, 1.54) is 0 Å². The highest BCUT2D eigenvalue weighted by atomic mass is 35.5. The molecule has 6 heteroatoms. The lowest BCUT2D eigenvalue weighted by atomic mass is 10.1. The van der Waals surface area contributed by atoms with Crippen molar-refractivity contribution in [1.82, 2.24) is 0 Å². The molecule has 0 aromatic heterocycles. The Bertz CT molecular complexity index is 774. The zero-order valence-electron chi connectivity index (χ0n) is 11.8. The van der Waals surface area contributed by atoms with Gasteiger partial charge in [-0.15, -0.1) is 0 Å². The van der Waals surface area contributed by atoms with Crippen LogP contribution in [0, 0.1) is 6.92 Å². The van der Waals surface area contributed by atoms with Crippen molar-refractivity contribution in [2.24, 2.45) is 0 Å². The Morgan fingerprint density at radius 3 is 2.91 bits per heavy atom. The van der Waals surface area contributed by atoms with Crippen LogP contribution < -0.4 is 15.4 Å². The topological polar surface area (TPSA) is 67.4 Å². The van der Waals surface area contributed by atoms with Gasteiger partial charge in [-0.05, 0) is 42.8 Å². The number of rotatable bonds is 2. The summed E-state index contributed by atoms with van der Waals surface area (Å²) in [6.07, 6.45) is 0. The number of fused-ring (bicyclic) bond motifs is 1. The largest absolute Gasteiger partial charge is 0.481 e. The van der Waals surface area contributed by atoms with Crippen LogP contribution >= 0.6 is 11.6 Å². The molecular weight excluding hydrogens is 304 g/mol. The van der Waals surface area contributed by atoms with Gasteiger partial charge in [0.05, 0.1) is 11.3 Å². The van der Waals surface area contributed by atoms with Gasteiger partial charge in [-0.25, -0.2) is 0 Å². The Labute approximate surface area is 132 Å². The fourth-order valence-electron chi connectivity index (χ4n) is 2.25. The van der Waals surface area contributed by atoms with Crippen molar-refractivity contribution in [3.05, 3.63) is 52.5 Å². The number of halogens is 1. The number of hydrogen-bond acceptors (Lipinski definition) is 3. The Kier molecular flexibility index (Phi) is 3.73. The molecule has 3 rings (SSSR count). The summed E-state index contributed by atoms with van der Waals surface area (Å²) in [4.78, 5) is 23.8. The van der Waals surface area contributed by atoms with Crippen LogP contribution in [0.3, 0.4) is 0 Å². The van der Waals surface area contributed by atoms with Gasteiger partial charge in [0.15, 0.2) is 12.4 Å². The number of anilines is 2. The molecule has 5 nitrogen and oxygen atoms in total. The second-order valence-electron chi connectivity index (χ2n) is 4.93. The zero-order chi connectivity index (χ0) is 15.7. The van der Waals surface area contributed by atoms with Crippen LogP contribution in [-0.2, 0) is 4.79 Å². The van der Waals surface area contributed by atoms with Crippen LogP contribution in [0.5, 0.6) is 5.75 Å². The van der Waals surface area contributed by atoms with Crippen LogP contribution in [-0.4, -0.2) is 18.4 Å². The van der Waals surface area contributed by atoms with Crippen molar-refractivity contribution >= 4 is 34.8 Å². The number of amides is 2. The SMILES string of the molecule is Cc1cc(Cl)ccc1NC(=O)c1cccc2c1OCC(=O)N2. The Balaban J connectivity index is 1.90. The normalized spacial score (nSPS) is 12.9. The van der Waals surface area contributed by atoms with Gasteiger partial charge in [0.25, 0.3) is 11.8 Å². The number of aryl methyl sites for hydroxylation is 1. The fraction of sp³-hybridized carbons (Fsp3) is 0.125. The molecule has 0 unspecified atom stereocenters. The summed E-state index contributed by atoms with van der Waals surface area (Å²) in [5.41, 5.74) is 2.40. The summed E-state index contributed by atoms with van der Waals surface area (Å²) in [5.74, 6) is -0.164. The summed E-state index contributed by atoms with van der Waals surface area (Å²) < 4.78 is 5.38. The molecule has 0 atom stereocenters. The second kappa shape index (κ2) is 5.69. The van der Waals surface area contributed by atoms with Crippen molar-refractivity contribution in [3.63, 3.8) is 0 Å². The highest BCUT2D eigenvalue weighted by Crippen LogP contribution is 2.32. The summed E-state index contributed by atoms with van der Waals surface area (Å²) in [6, 6.07) is 10.3. The van der Waals surface area contributed by atoms with Gasteiger partial charge in [0.2, 0.25) is 0 Å². The van der Waals surface area contributed by atoms with Crippen molar-refractivity contribution in [1.29, 1.82) is 0 Å². The van der Waals surface area contributed by atoms with E-state index < -0.39 is 0 Å². The van der Waals surface area contributed by atoms with E-state index in [2.05, 4.69) is 10.6 Å². The molecule has 1 aliphatic rings. The van der Waals surface area contributed by atoms with Crippen molar-refractivity contribution < 1.29 is 14.3 Å². The van der Waals surface area contributed by atoms with Crippen LogP contribution in [0.25, 0.3) is 0 Å². The molecule has 0 aliphatic carbocycles. The maximum Gasteiger partial charge on any atom is 0.262 e. The van der Waals surface area contributed by atoms with Crippen LogP contribution in [0.15, 0.2) is 36.4 Å². The molecule has 0 spiro atoms. The van der Waals surface area contributed by atoms with Crippen molar-refractivity contribution in [2.75, 3.05) is 17.2 Å². The predicted octanol–water partition coefficient (Wildman–Crippen LogP) is 3.23. The third kappa shape index (κ3) is 2.76. The maximum absolute atomic E-state index is 12.5. The fourth-order valence-corrected chi connectivity index (χ4v) is 2.48. The third-order valence-electron chi connectivity index (χ3n) is 3.32. The third-order valence-corrected chi connectivity index (χ3v) is 3.55. The molecule has 2 N–H and O–H groups in total. The second-order valence-corrected chi connectivity index (χ2v) is 5.37. The van der Waals surface area contributed by atoms with E-state index in [1.807, 2.05) is 6.92 Å². The van der Waals surface area contributed by atoms with E-state index in [-0.39, 0.29) is 18.4 Å². The zero-order valence-corrected chi connectivity index (χ0v) is 12.5. The van der Waals surface area contributed by atoms with E-state index >= 15 is 0 Å². The summed E-state index contributed by atoms with van der Waals surface area (Å²) in [6.45, 7) is 1.76. The number of benzene rings is 2. The Morgan fingerprint density at radius 1 is 1.32 bits per heavy atom. The molecule has 22 heavy (non-hydrogen) atoms. The van der Waals surface area contributed by atoms with Crippen molar-refractivity contribution in [2.45, 2.75) is 6.92 Å². The summed E-state index contributed by atoms with van der Waals surface area (Å²) >= 11 is 5.91. The quantitative estimate of drug-likeness (QED) is 0.894. The summed E-state index contributed by atoms with van der Waals surface area (Å²) in [5, 5.41) is 6.11. The first-order valence-electron chi connectivity index (χ1n) is 6.68. The van der Waals surface area contributed by atoms with Gasteiger partial charge in [0.1, 0.15) is 0 Å². The molecule has 1 aliphatic heterocycles. The highest BCUT2D eigenvalue weighted by Gasteiger charge is 2.22. The van der Waals surface area contributed by atoms with Gasteiger partial charge < -0.3 is 15.4 Å². The lowest BCUT2D eigenvalue weighted by Gasteiger charge is -2.20. The molecule has 1 heterocycles. The molecule has 0 bridgehead atoms. The average Bonchev–Trinajstić information content (AvgIpc) is 2.49. The number of nitrogens with one attached hydrogen (secondary N) is 2. The van der Waals surface area contributed by atoms with E-state index in [0.29, 0.717) is 27.7 Å². The molecule has 2 aromatic rings. The first-order valence-corrected chi connectivity index (χ1v) is 7.05. The van der Waals surface area contributed by atoms with Crippen LogP contribution in [0.1, 0.15) is 15.9 Å². The molecule has 0 fully saturated rings. The highest BCUT2D eigenvalue weighted by molar-refractivity contribution is 6.30. The summed E-state index contributed by atoms with van der Waals surface area (Å²) in [7, 11) is 0. The van der Waals surface area contributed by atoms with Gasteiger partial charge in [-0.3, -0.25) is 9.59 Å². The van der Waals surface area contributed by atoms with E-state index in [1.54, 1.807) is 36.4 Å². The van der Waals surface area contributed by atoms with Gasteiger partial charge in [-0.1, -0.05) is 17.7 Å². The molecule has 2 aromatic carbocycles. The predicted molar refractivity (Wildman–Crippen MR) is 84.7 cm³/mol. The van der Waals surface area contributed by atoms with Gasteiger partial charge >= 0.3 is 0 Å². The minimum absolute atomic E-state index is 0.0999. The lowest BCUT2D eigenvalue weighted by molar-refractivity contribution is -0.118. The number of ether oxygens (including phenoxy) is 1. The smallest absolute Gasteiger partial charge is 0.262 e. The number of para-hydroxylation sites is 1. The first-order chi connectivity index (χ1) is 10.5. The first kappa shape index (κ1) is 14.4. The van der Waals surface area contributed by atoms with Gasteiger partial charge in [-0.2, -0.15) is 0 Å². The monoisotopic (exact) mass is 316 g/mol. The number of hydrogen-bond donors (Lipinski definition) is 2.